The molecule has 96 valence electrons. The van der Waals surface area contributed by atoms with Gasteiger partial charge in [-0.1, -0.05) is 6.07 Å². The fourth-order valence-electron chi connectivity index (χ4n) is 1.71. The number of thiophene rings is 2. The van der Waals surface area contributed by atoms with Gasteiger partial charge in [-0.15, -0.1) is 22.7 Å². The van der Waals surface area contributed by atoms with Gasteiger partial charge in [0.25, 0.3) is 5.91 Å². The van der Waals surface area contributed by atoms with Gasteiger partial charge in [0.1, 0.15) is 5.76 Å². The van der Waals surface area contributed by atoms with Gasteiger partial charge in [-0.05, 0) is 29.6 Å². The molecule has 0 unspecified atom stereocenters. The van der Waals surface area contributed by atoms with E-state index in [2.05, 4.69) is 5.32 Å². The third kappa shape index (κ3) is 2.77. The number of amides is 1. The first-order valence-corrected chi connectivity index (χ1v) is 7.52. The molecule has 1 amide bonds. The normalized spacial score (nSPS) is 10.5. The van der Waals surface area contributed by atoms with Crippen molar-refractivity contribution in [1.82, 2.24) is 5.32 Å². The van der Waals surface area contributed by atoms with Gasteiger partial charge < -0.3 is 9.73 Å². The van der Waals surface area contributed by atoms with Gasteiger partial charge in [0.05, 0.1) is 17.7 Å². The van der Waals surface area contributed by atoms with Crippen LogP contribution >= 0.6 is 22.7 Å². The highest BCUT2D eigenvalue weighted by atomic mass is 32.1. The largest absolute Gasteiger partial charge is 0.464 e. The highest BCUT2D eigenvalue weighted by Crippen LogP contribution is 2.25. The first kappa shape index (κ1) is 12.2. The van der Waals surface area contributed by atoms with E-state index in [0.717, 1.165) is 21.1 Å². The zero-order chi connectivity index (χ0) is 13.1. The quantitative estimate of drug-likeness (QED) is 0.789. The molecule has 3 aromatic heterocycles. The van der Waals surface area contributed by atoms with Gasteiger partial charge in [-0.2, -0.15) is 0 Å². The van der Waals surface area contributed by atoms with Crippen molar-refractivity contribution < 1.29 is 9.21 Å². The summed E-state index contributed by atoms with van der Waals surface area (Å²) in [5, 5.41) is 6.84. The second-order valence-electron chi connectivity index (χ2n) is 3.94. The van der Waals surface area contributed by atoms with Crippen molar-refractivity contribution >= 4 is 28.6 Å². The van der Waals surface area contributed by atoms with Crippen LogP contribution < -0.4 is 5.32 Å². The summed E-state index contributed by atoms with van der Waals surface area (Å²) in [5.74, 6) is 0.829. The van der Waals surface area contributed by atoms with Crippen molar-refractivity contribution in [3.05, 3.63) is 57.1 Å². The molecule has 0 saturated heterocycles. The van der Waals surface area contributed by atoms with Crippen molar-refractivity contribution in [2.45, 2.75) is 6.54 Å². The monoisotopic (exact) mass is 289 g/mol. The van der Waals surface area contributed by atoms with E-state index in [1.54, 1.807) is 17.6 Å². The molecule has 0 aliphatic carbocycles. The molecule has 0 fully saturated rings. The minimum absolute atomic E-state index is 0.0250. The second kappa shape index (κ2) is 5.42. The standard InChI is InChI=1S/C14H11NO2S2/c16-14(13-4-2-6-18-13)15-8-11-7-10(9-19-11)12-3-1-5-17-12/h1-7,9H,8H2,(H,15,16). The molecule has 0 spiro atoms. The molecule has 3 heterocycles. The molecule has 0 aromatic carbocycles. The lowest BCUT2D eigenvalue weighted by Crippen LogP contribution is -2.21. The Bertz CT molecular complexity index is 654. The average Bonchev–Trinajstić information content (AvgIpc) is 3.14. The Balaban J connectivity index is 1.63. The van der Waals surface area contributed by atoms with E-state index in [9.17, 15) is 4.79 Å². The second-order valence-corrected chi connectivity index (χ2v) is 5.88. The van der Waals surface area contributed by atoms with Gasteiger partial charge in [0.2, 0.25) is 0 Å². The van der Waals surface area contributed by atoms with Crippen LogP contribution in [-0.4, -0.2) is 5.91 Å². The predicted octanol–water partition coefficient (Wildman–Crippen LogP) is 4.00. The van der Waals surface area contributed by atoms with E-state index in [-0.39, 0.29) is 5.91 Å². The Labute approximate surface area is 118 Å². The van der Waals surface area contributed by atoms with E-state index in [1.807, 2.05) is 41.1 Å². The Hall–Kier alpha value is -1.85. The van der Waals surface area contributed by atoms with Gasteiger partial charge in [-0.25, -0.2) is 0 Å². The van der Waals surface area contributed by atoms with Crippen LogP contribution in [0.25, 0.3) is 11.3 Å². The smallest absolute Gasteiger partial charge is 0.261 e. The number of furan rings is 1. The minimum atomic E-state index is -0.0250. The molecule has 0 aliphatic rings. The van der Waals surface area contributed by atoms with Crippen LogP contribution in [0.4, 0.5) is 0 Å². The van der Waals surface area contributed by atoms with Gasteiger partial charge in [0, 0.05) is 15.8 Å². The fraction of sp³-hybridized carbons (Fsp3) is 0.0714. The van der Waals surface area contributed by atoms with E-state index < -0.39 is 0 Å². The highest BCUT2D eigenvalue weighted by Gasteiger charge is 2.08. The first-order chi connectivity index (χ1) is 9.33. The molecular formula is C14H11NO2S2. The average molecular weight is 289 g/mol. The lowest BCUT2D eigenvalue weighted by atomic mass is 10.2. The van der Waals surface area contributed by atoms with E-state index in [4.69, 9.17) is 4.42 Å². The fourth-order valence-corrected chi connectivity index (χ4v) is 3.16. The molecule has 0 bridgehead atoms. The van der Waals surface area contributed by atoms with Crippen molar-refractivity contribution in [3.63, 3.8) is 0 Å². The first-order valence-electron chi connectivity index (χ1n) is 5.76. The summed E-state index contributed by atoms with van der Waals surface area (Å²) < 4.78 is 5.34. The maximum Gasteiger partial charge on any atom is 0.261 e. The molecule has 3 aromatic rings. The maximum absolute atomic E-state index is 11.8. The number of hydrogen-bond acceptors (Lipinski definition) is 4. The summed E-state index contributed by atoms with van der Waals surface area (Å²) in [7, 11) is 0. The molecule has 1 N–H and O–H groups in total. The molecule has 3 rings (SSSR count). The SMILES string of the molecule is O=C(NCc1cc(-c2ccco2)cs1)c1cccs1. The Kier molecular flexibility index (Phi) is 3.48. The van der Waals surface area contributed by atoms with Crippen molar-refractivity contribution in [3.8, 4) is 11.3 Å². The molecule has 0 saturated carbocycles. The molecular weight excluding hydrogens is 278 g/mol. The topological polar surface area (TPSA) is 42.2 Å². The molecule has 0 atom stereocenters. The number of nitrogens with one attached hydrogen (secondary N) is 1. The van der Waals surface area contributed by atoms with E-state index in [1.165, 1.54) is 11.3 Å². The van der Waals surface area contributed by atoms with Gasteiger partial charge >= 0.3 is 0 Å². The lowest BCUT2D eigenvalue weighted by Gasteiger charge is -2.00. The van der Waals surface area contributed by atoms with Crippen LogP contribution in [0.3, 0.4) is 0 Å². The van der Waals surface area contributed by atoms with Crippen LogP contribution in [0.1, 0.15) is 14.5 Å². The number of rotatable bonds is 4. The Morgan fingerprint density at radius 3 is 2.95 bits per heavy atom. The number of carbonyl (C=O) groups excluding carboxylic acids is 1. The zero-order valence-corrected chi connectivity index (χ0v) is 11.6. The maximum atomic E-state index is 11.8. The predicted molar refractivity (Wildman–Crippen MR) is 77.5 cm³/mol. The van der Waals surface area contributed by atoms with E-state index in [0.29, 0.717) is 6.54 Å². The van der Waals surface area contributed by atoms with Crippen LogP contribution in [0, 0.1) is 0 Å². The zero-order valence-electron chi connectivity index (χ0n) is 9.96. The number of hydrogen-bond donors (Lipinski definition) is 1. The summed E-state index contributed by atoms with van der Waals surface area (Å²) in [5.41, 5.74) is 1.05. The third-order valence-corrected chi connectivity index (χ3v) is 4.43. The van der Waals surface area contributed by atoms with Crippen LogP contribution in [0.5, 0.6) is 0 Å². The summed E-state index contributed by atoms with van der Waals surface area (Å²) in [6, 6.07) is 9.53. The minimum Gasteiger partial charge on any atom is -0.464 e. The van der Waals surface area contributed by atoms with Crippen LogP contribution in [0.15, 0.2) is 51.8 Å². The van der Waals surface area contributed by atoms with Crippen LogP contribution in [0.2, 0.25) is 0 Å². The van der Waals surface area contributed by atoms with Crippen molar-refractivity contribution in [2.24, 2.45) is 0 Å². The molecule has 0 radical (unpaired) electrons. The van der Waals surface area contributed by atoms with E-state index >= 15 is 0 Å². The Morgan fingerprint density at radius 2 is 2.21 bits per heavy atom. The summed E-state index contributed by atoms with van der Waals surface area (Å²) in [6.07, 6.45) is 1.66. The molecule has 3 nitrogen and oxygen atoms in total. The Morgan fingerprint density at radius 1 is 1.26 bits per heavy atom. The lowest BCUT2D eigenvalue weighted by molar-refractivity contribution is 0.0955. The molecule has 19 heavy (non-hydrogen) atoms. The number of carbonyl (C=O) groups is 1. The molecule has 5 heteroatoms. The van der Waals surface area contributed by atoms with Gasteiger partial charge in [0.15, 0.2) is 0 Å². The van der Waals surface area contributed by atoms with Crippen molar-refractivity contribution in [1.29, 1.82) is 0 Å². The van der Waals surface area contributed by atoms with Gasteiger partial charge in [-0.3, -0.25) is 4.79 Å². The summed E-state index contributed by atoms with van der Waals surface area (Å²) >= 11 is 3.06. The van der Waals surface area contributed by atoms with Crippen LogP contribution in [-0.2, 0) is 6.54 Å². The molecule has 0 aliphatic heterocycles. The highest BCUT2D eigenvalue weighted by molar-refractivity contribution is 7.12. The summed E-state index contributed by atoms with van der Waals surface area (Å²) in [4.78, 5) is 13.6. The van der Waals surface area contributed by atoms with Crippen molar-refractivity contribution in [2.75, 3.05) is 0 Å². The third-order valence-electron chi connectivity index (χ3n) is 2.63. The summed E-state index contributed by atoms with van der Waals surface area (Å²) in [6.45, 7) is 0.544.